The highest BCUT2D eigenvalue weighted by atomic mass is 16.5. The van der Waals surface area contributed by atoms with Gasteiger partial charge in [0.15, 0.2) is 5.78 Å². The number of ether oxygens (including phenoxy) is 1. The number of ketones is 1. The summed E-state index contributed by atoms with van der Waals surface area (Å²) >= 11 is 0. The van der Waals surface area contributed by atoms with Crippen LogP contribution in [0.2, 0.25) is 0 Å². The number of carbonyl (C=O) groups excluding carboxylic acids is 1. The predicted molar refractivity (Wildman–Crippen MR) is 66.4 cm³/mol. The van der Waals surface area contributed by atoms with E-state index in [-0.39, 0.29) is 5.41 Å². The first-order valence-electron chi connectivity index (χ1n) is 6.98. The minimum absolute atomic E-state index is 0.0346. The van der Waals surface area contributed by atoms with E-state index in [0.29, 0.717) is 11.7 Å². The summed E-state index contributed by atoms with van der Waals surface area (Å²) in [7, 11) is 0. The average molecular weight is 234 g/mol. The highest BCUT2D eigenvalue weighted by molar-refractivity contribution is 5.99. The van der Waals surface area contributed by atoms with Crippen LogP contribution in [0.25, 0.3) is 0 Å². The molecule has 0 aromatic carbocycles. The van der Waals surface area contributed by atoms with Gasteiger partial charge in [-0.25, -0.2) is 0 Å². The van der Waals surface area contributed by atoms with E-state index in [1.165, 1.54) is 12.8 Å². The van der Waals surface area contributed by atoms with E-state index in [9.17, 15) is 4.79 Å². The molecule has 2 nitrogen and oxygen atoms in total. The van der Waals surface area contributed by atoms with E-state index in [2.05, 4.69) is 13.8 Å². The maximum Gasteiger partial charge on any atom is 0.165 e. The summed E-state index contributed by atoms with van der Waals surface area (Å²) in [4.78, 5) is 12.6. The van der Waals surface area contributed by atoms with Crippen LogP contribution in [0.3, 0.4) is 0 Å². The quantitative estimate of drug-likeness (QED) is 0.731. The number of hydrogen-bond acceptors (Lipinski definition) is 2. The van der Waals surface area contributed by atoms with Crippen LogP contribution in [0, 0.1) is 17.3 Å². The van der Waals surface area contributed by atoms with Gasteiger partial charge >= 0.3 is 0 Å². The minimum atomic E-state index is 0.0346. The summed E-state index contributed by atoms with van der Waals surface area (Å²) in [6, 6.07) is 0. The van der Waals surface area contributed by atoms with Gasteiger partial charge in [-0.3, -0.25) is 4.79 Å². The third kappa shape index (κ3) is 2.02. The largest absolute Gasteiger partial charge is 0.497 e. The molecule has 1 aliphatic heterocycles. The fourth-order valence-electron chi connectivity index (χ4n) is 3.29. The van der Waals surface area contributed by atoms with Crippen molar-refractivity contribution in [3.63, 3.8) is 0 Å². The maximum atomic E-state index is 12.6. The van der Waals surface area contributed by atoms with Gasteiger partial charge in [0.1, 0.15) is 5.76 Å². The molecule has 0 radical (unpaired) electrons. The highest BCUT2D eigenvalue weighted by Gasteiger charge is 2.42. The Labute approximate surface area is 103 Å². The zero-order valence-electron chi connectivity index (χ0n) is 10.9. The van der Waals surface area contributed by atoms with Gasteiger partial charge in [-0.05, 0) is 30.6 Å². The van der Waals surface area contributed by atoms with Gasteiger partial charge < -0.3 is 4.74 Å². The zero-order valence-corrected chi connectivity index (χ0v) is 10.9. The van der Waals surface area contributed by atoms with Gasteiger partial charge in [-0.2, -0.15) is 0 Å². The third-order valence-corrected chi connectivity index (χ3v) is 4.61. The molecule has 1 fully saturated rings. The Bertz CT molecular complexity index is 374. The lowest BCUT2D eigenvalue weighted by Crippen LogP contribution is -2.36. The molecule has 0 N–H and O–H groups in total. The fourth-order valence-corrected chi connectivity index (χ4v) is 3.29. The lowest BCUT2D eigenvalue weighted by molar-refractivity contribution is -0.122. The summed E-state index contributed by atoms with van der Waals surface area (Å²) in [6.45, 7) is 5.18. The molecule has 94 valence electrons. The van der Waals surface area contributed by atoms with Crippen LogP contribution in [-0.4, -0.2) is 12.4 Å². The molecular weight excluding hydrogens is 212 g/mol. The van der Waals surface area contributed by atoms with Gasteiger partial charge in [0.2, 0.25) is 0 Å². The van der Waals surface area contributed by atoms with Gasteiger partial charge in [-0.15, -0.1) is 0 Å². The van der Waals surface area contributed by atoms with Gasteiger partial charge in [0.05, 0.1) is 6.61 Å². The first-order chi connectivity index (χ1) is 8.08. The van der Waals surface area contributed by atoms with E-state index < -0.39 is 0 Å². The smallest absolute Gasteiger partial charge is 0.165 e. The molecule has 1 saturated carbocycles. The lowest BCUT2D eigenvalue weighted by atomic mass is 9.70. The summed E-state index contributed by atoms with van der Waals surface area (Å²) < 4.78 is 5.72. The van der Waals surface area contributed by atoms with Crippen molar-refractivity contribution >= 4 is 5.78 Å². The number of carbonyl (C=O) groups is 1. The van der Waals surface area contributed by atoms with Crippen LogP contribution in [0.15, 0.2) is 11.3 Å². The minimum Gasteiger partial charge on any atom is -0.497 e. The van der Waals surface area contributed by atoms with Crippen LogP contribution in [0.5, 0.6) is 0 Å². The van der Waals surface area contributed by atoms with Gasteiger partial charge in [-0.1, -0.05) is 26.7 Å². The highest BCUT2D eigenvalue weighted by Crippen LogP contribution is 2.46. The van der Waals surface area contributed by atoms with E-state index in [1.807, 2.05) is 0 Å². The Hall–Kier alpha value is -0.790. The van der Waals surface area contributed by atoms with E-state index >= 15 is 0 Å². The standard InChI is InChI=1S/C15H22O2/c1-15(2)7-8-17-12-6-5-11(9-10-3-4-10)14(16)13(12)15/h10-11H,3-9H2,1-2H3. The normalized spacial score (nSPS) is 32.1. The summed E-state index contributed by atoms with van der Waals surface area (Å²) in [6.07, 6.45) is 6.80. The van der Waals surface area contributed by atoms with Crippen molar-refractivity contribution < 1.29 is 9.53 Å². The Morgan fingerprint density at radius 3 is 2.76 bits per heavy atom. The second-order valence-electron chi connectivity index (χ2n) is 6.56. The molecule has 2 aliphatic carbocycles. The van der Waals surface area contributed by atoms with Crippen LogP contribution >= 0.6 is 0 Å². The second-order valence-corrected chi connectivity index (χ2v) is 6.56. The molecular formula is C15H22O2. The molecule has 1 atom stereocenters. The molecule has 3 aliphatic rings. The molecule has 0 spiro atoms. The number of Topliss-reactive ketones (excluding diaryl/α,β-unsaturated/α-hetero) is 1. The Morgan fingerprint density at radius 1 is 1.29 bits per heavy atom. The lowest BCUT2D eigenvalue weighted by Gasteiger charge is -2.38. The van der Waals surface area contributed by atoms with Crippen molar-refractivity contribution in [2.45, 2.75) is 52.4 Å². The number of allylic oxidation sites excluding steroid dienone is 2. The van der Waals surface area contributed by atoms with Crippen molar-refractivity contribution in [3.8, 4) is 0 Å². The van der Waals surface area contributed by atoms with E-state index in [0.717, 1.165) is 49.5 Å². The molecule has 0 saturated heterocycles. The molecule has 17 heavy (non-hydrogen) atoms. The van der Waals surface area contributed by atoms with E-state index in [1.54, 1.807) is 0 Å². The zero-order chi connectivity index (χ0) is 12.0. The Morgan fingerprint density at radius 2 is 2.06 bits per heavy atom. The molecule has 3 rings (SSSR count). The molecule has 0 bridgehead atoms. The van der Waals surface area contributed by atoms with Crippen LogP contribution in [-0.2, 0) is 9.53 Å². The molecule has 0 aromatic rings. The second kappa shape index (κ2) is 3.86. The summed E-state index contributed by atoms with van der Waals surface area (Å²) in [5.41, 5.74) is 1.06. The molecule has 2 heteroatoms. The van der Waals surface area contributed by atoms with Crippen molar-refractivity contribution in [3.05, 3.63) is 11.3 Å². The molecule has 0 aromatic heterocycles. The van der Waals surface area contributed by atoms with Crippen molar-refractivity contribution in [2.24, 2.45) is 17.3 Å². The van der Waals surface area contributed by atoms with Crippen molar-refractivity contribution in [1.82, 2.24) is 0 Å². The van der Waals surface area contributed by atoms with Crippen molar-refractivity contribution in [2.75, 3.05) is 6.61 Å². The predicted octanol–water partition coefficient (Wildman–Crippen LogP) is 3.47. The maximum absolute atomic E-state index is 12.6. The molecule has 1 heterocycles. The topological polar surface area (TPSA) is 26.3 Å². The number of hydrogen-bond donors (Lipinski definition) is 0. The van der Waals surface area contributed by atoms with E-state index in [4.69, 9.17) is 4.74 Å². The summed E-state index contributed by atoms with van der Waals surface area (Å²) in [5, 5.41) is 0. The van der Waals surface area contributed by atoms with Crippen molar-refractivity contribution in [1.29, 1.82) is 0 Å². The SMILES string of the molecule is CC1(C)CCOC2=C1C(=O)C(CC1CC1)CC2. The first-order valence-corrected chi connectivity index (χ1v) is 6.98. The Balaban J connectivity index is 1.85. The van der Waals surface area contributed by atoms with Gasteiger partial charge in [0, 0.05) is 17.9 Å². The van der Waals surface area contributed by atoms with Gasteiger partial charge in [0.25, 0.3) is 0 Å². The van der Waals surface area contributed by atoms with Crippen LogP contribution in [0.4, 0.5) is 0 Å². The number of rotatable bonds is 2. The average Bonchev–Trinajstić information content (AvgIpc) is 3.05. The first kappa shape index (κ1) is 11.3. The Kier molecular flexibility index (Phi) is 2.57. The monoisotopic (exact) mass is 234 g/mol. The third-order valence-electron chi connectivity index (χ3n) is 4.61. The molecule has 1 unspecified atom stereocenters. The summed E-state index contributed by atoms with van der Waals surface area (Å²) in [5.74, 6) is 2.56. The van der Waals surface area contributed by atoms with Crippen LogP contribution in [0.1, 0.15) is 52.4 Å². The fraction of sp³-hybridized carbons (Fsp3) is 0.800. The molecule has 0 amide bonds. The van der Waals surface area contributed by atoms with Crippen LogP contribution < -0.4 is 0 Å².